The molecule has 0 spiro atoms. The maximum absolute atomic E-state index is 11.6. The van der Waals surface area contributed by atoms with E-state index in [0.29, 0.717) is 5.56 Å². The molecular weight excluding hydrogens is 240 g/mol. The molecular formula is C14H18N4O. The third-order valence-corrected chi connectivity index (χ3v) is 2.96. The van der Waals surface area contributed by atoms with Gasteiger partial charge in [-0.2, -0.15) is 5.10 Å². The first-order valence-electron chi connectivity index (χ1n) is 6.17. The van der Waals surface area contributed by atoms with E-state index in [2.05, 4.69) is 22.7 Å². The van der Waals surface area contributed by atoms with Crippen molar-refractivity contribution in [2.24, 2.45) is 7.05 Å². The van der Waals surface area contributed by atoms with Gasteiger partial charge in [0.2, 0.25) is 0 Å². The molecule has 0 fully saturated rings. The zero-order chi connectivity index (χ0) is 13.8. The van der Waals surface area contributed by atoms with Gasteiger partial charge < -0.3 is 10.6 Å². The monoisotopic (exact) mass is 258 g/mol. The highest BCUT2D eigenvalue weighted by Crippen LogP contribution is 2.19. The van der Waals surface area contributed by atoms with Crippen LogP contribution in [-0.2, 0) is 7.05 Å². The van der Waals surface area contributed by atoms with Crippen LogP contribution < -0.4 is 10.6 Å². The lowest BCUT2D eigenvalue weighted by molar-refractivity contribution is 0.0963. The van der Waals surface area contributed by atoms with Crippen LogP contribution in [0, 0.1) is 0 Å². The van der Waals surface area contributed by atoms with Gasteiger partial charge in [-0.25, -0.2) is 0 Å². The van der Waals surface area contributed by atoms with Gasteiger partial charge in [-0.1, -0.05) is 6.07 Å². The van der Waals surface area contributed by atoms with Crippen LogP contribution in [0.25, 0.3) is 0 Å². The molecule has 2 aromatic rings. The molecule has 0 aliphatic rings. The Hall–Kier alpha value is -2.30. The van der Waals surface area contributed by atoms with Crippen molar-refractivity contribution in [3.63, 3.8) is 0 Å². The number of rotatable bonds is 4. The molecule has 5 heteroatoms. The molecule has 2 N–H and O–H groups in total. The van der Waals surface area contributed by atoms with E-state index in [1.807, 2.05) is 37.6 Å². The molecule has 0 bridgehead atoms. The van der Waals surface area contributed by atoms with Crippen LogP contribution in [0.2, 0.25) is 0 Å². The minimum atomic E-state index is -0.0855. The first-order valence-corrected chi connectivity index (χ1v) is 6.17. The van der Waals surface area contributed by atoms with Gasteiger partial charge in [-0.05, 0) is 25.1 Å². The van der Waals surface area contributed by atoms with Gasteiger partial charge in [0.1, 0.15) is 0 Å². The standard InChI is InChI=1S/C14H18N4O/c1-10(12-8-16-18(3)9-12)17-13-6-4-5-11(7-13)14(19)15-2/h4-10,17H,1-3H3,(H,15,19). The van der Waals surface area contributed by atoms with E-state index in [1.54, 1.807) is 17.8 Å². The summed E-state index contributed by atoms with van der Waals surface area (Å²) >= 11 is 0. The number of nitrogens with one attached hydrogen (secondary N) is 2. The molecule has 1 unspecified atom stereocenters. The first kappa shape index (κ1) is 13.1. The zero-order valence-electron chi connectivity index (χ0n) is 11.3. The van der Waals surface area contributed by atoms with Crippen molar-refractivity contribution in [3.8, 4) is 0 Å². The Labute approximate surface area is 112 Å². The van der Waals surface area contributed by atoms with Gasteiger partial charge in [-0.3, -0.25) is 9.48 Å². The third kappa shape index (κ3) is 3.13. The molecule has 2 rings (SSSR count). The van der Waals surface area contributed by atoms with E-state index in [9.17, 15) is 4.79 Å². The number of hydrogen-bond donors (Lipinski definition) is 2. The molecule has 0 aliphatic heterocycles. The van der Waals surface area contributed by atoms with Gasteiger partial charge >= 0.3 is 0 Å². The second-order valence-corrected chi connectivity index (χ2v) is 4.47. The number of amides is 1. The fraction of sp³-hybridized carbons (Fsp3) is 0.286. The zero-order valence-corrected chi connectivity index (χ0v) is 11.3. The summed E-state index contributed by atoms with van der Waals surface area (Å²) in [5.41, 5.74) is 2.66. The van der Waals surface area contributed by atoms with Crippen molar-refractivity contribution in [2.75, 3.05) is 12.4 Å². The second kappa shape index (κ2) is 5.56. The summed E-state index contributed by atoms with van der Waals surface area (Å²) in [7, 11) is 3.52. The molecule has 0 radical (unpaired) electrons. The highest BCUT2D eigenvalue weighted by atomic mass is 16.1. The summed E-state index contributed by atoms with van der Waals surface area (Å²) in [6.07, 6.45) is 3.81. The second-order valence-electron chi connectivity index (χ2n) is 4.47. The molecule has 5 nitrogen and oxygen atoms in total. The maximum atomic E-state index is 11.6. The molecule has 1 heterocycles. The molecule has 1 amide bonds. The van der Waals surface area contributed by atoms with E-state index in [0.717, 1.165) is 11.3 Å². The minimum Gasteiger partial charge on any atom is -0.378 e. The Bertz CT molecular complexity index is 576. The quantitative estimate of drug-likeness (QED) is 0.881. The van der Waals surface area contributed by atoms with Crippen LogP contribution in [0.1, 0.15) is 28.9 Å². The fourth-order valence-corrected chi connectivity index (χ4v) is 1.89. The van der Waals surface area contributed by atoms with Gasteiger partial charge in [0.05, 0.1) is 12.2 Å². The van der Waals surface area contributed by atoms with Crippen LogP contribution in [0.15, 0.2) is 36.7 Å². The Balaban J connectivity index is 2.12. The molecule has 1 aromatic carbocycles. The van der Waals surface area contributed by atoms with Gasteiger partial charge in [-0.15, -0.1) is 0 Å². The van der Waals surface area contributed by atoms with Crippen LogP contribution >= 0.6 is 0 Å². The predicted octanol–water partition coefficient (Wildman–Crippen LogP) is 1.95. The van der Waals surface area contributed by atoms with Gasteiger partial charge in [0, 0.05) is 37.1 Å². The Morgan fingerprint density at radius 2 is 2.21 bits per heavy atom. The lowest BCUT2D eigenvalue weighted by atomic mass is 10.1. The van der Waals surface area contributed by atoms with E-state index >= 15 is 0 Å². The number of hydrogen-bond acceptors (Lipinski definition) is 3. The molecule has 0 saturated heterocycles. The highest BCUT2D eigenvalue weighted by Gasteiger charge is 2.09. The molecule has 100 valence electrons. The van der Waals surface area contributed by atoms with Crippen LogP contribution in [-0.4, -0.2) is 22.7 Å². The topological polar surface area (TPSA) is 59.0 Å². The maximum Gasteiger partial charge on any atom is 0.251 e. The molecule has 0 saturated carbocycles. The van der Waals surface area contributed by atoms with E-state index in [-0.39, 0.29) is 11.9 Å². The number of aromatic nitrogens is 2. The van der Waals surface area contributed by atoms with Crippen LogP contribution in [0.5, 0.6) is 0 Å². The summed E-state index contributed by atoms with van der Waals surface area (Å²) in [5.74, 6) is -0.0855. The summed E-state index contributed by atoms with van der Waals surface area (Å²) < 4.78 is 1.77. The van der Waals surface area contributed by atoms with Crippen LogP contribution in [0.4, 0.5) is 5.69 Å². The predicted molar refractivity (Wildman–Crippen MR) is 75.1 cm³/mol. The Kier molecular flexibility index (Phi) is 3.85. The van der Waals surface area contributed by atoms with E-state index in [4.69, 9.17) is 0 Å². The smallest absolute Gasteiger partial charge is 0.251 e. The van der Waals surface area contributed by atoms with Crippen molar-refractivity contribution >= 4 is 11.6 Å². The Morgan fingerprint density at radius 1 is 1.42 bits per heavy atom. The molecule has 19 heavy (non-hydrogen) atoms. The van der Waals surface area contributed by atoms with Crippen molar-refractivity contribution in [1.29, 1.82) is 0 Å². The van der Waals surface area contributed by atoms with E-state index in [1.165, 1.54) is 0 Å². The summed E-state index contributed by atoms with van der Waals surface area (Å²) in [5, 5.41) is 10.1. The number of nitrogens with zero attached hydrogens (tertiary/aromatic N) is 2. The molecule has 1 atom stereocenters. The molecule has 1 aromatic heterocycles. The number of carbonyl (C=O) groups is 1. The number of anilines is 1. The van der Waals surface area contributed by atoms with Crippen molar-refractivity contribution in [1.82, 2.24) is 15.1 Å². The SMILES string of the molecule is CNC(=O)c1cccc(NC(C)c2cnn(C)c2)c1. The van der Waals surface area contributed by atoms with Crippen molar-refractivity contribution in [3.05, 3.63) is 47.8 Å². The van der Waals surface area contributed by atoms with Crippen LogP contribution in [0.3, 0.4) is 0 Å². The average Bonchev–Trinajstić information content (AvgIpc) is 2.85. The highest BCUT2D eigenvalue weighted by molar-refractivity contribution is 5.94. The number of benzene rings is 1. The first-order chi connectivity index (χ1) is 9.10. The van der Waals surface area contributed by atoms with Crippen molar-refractivity contribution < 1.29 is 4.79 Å². The lowest BCUT2D eigenvalue weighted by Crippen LogP contribution is -2.18. The van der Waals surface area contributed by atoms with Crippen molar-refractivity contribution in [2.45, 2.75) is 13.0 Å². The van der Waals surface area contributed by atoms with Gasteiger partial charge in [0.25, 0.3) is 5.91 Å². The summed E-state index contributed by atoms with van der Waals surface area (Å²) in [6, 6.07) is 7.57. The number of aryl methyl sites for hydroxylation is 1. The van der Waals surface area contributed by atoms with Gasteiger partial charge in [0.15, 0.2) is 0 Å². The lowest BCUT2D eigenvalue weighted by Gasteiger charge is -2.14. The summed E-state index contributed by atoms with van der Waals surface area (Å²) in [6.45, 7) is 2.06. The minimum absolute atomic E-state index is 0.0855. The molecule has 0 aliphatic carbocycles. The largest absolute Gasteiger partial charge is 0.378 e. The average molecular weight is 258 g/mol. The third-order valence-electron chi connectivity index (χ3n) is 2.96. The normalized spacial score (nSPS) is 11.9. The Morgan fingerprint density at radius 3 is 2.84 bits per heavy atom. The number of carbonyl (C=O) groups excluding carboxylic acids is 1. The van der Waals surface area contributed by atoms with E-state index < -0.39 is 0 Å². The fourth-order valence-electron chi connectivity index (χ4n) is 1.89. The summed E-state index contributed by atoms with van der Waals surface area (Å²) in [4.78, 5) is 11.6.